The molecule has 0 saturated carbocycles. The van der Waals surface area contributed by atoms with E-state index in [2.05, 4.69) is 15.3 Å². The Morgan fingerprint density at radius 3 is 2.58 bits per heavy atom. The van der Waals surface area contributed by atoms with Crippen molar-refractivity contribution in [2.75, 3.05) is 11.9 Å². The number of aromatic nitrogens is 2. The fourth-order valence-corrected chi connectivity index (χ4v) is 1.67. The molecule has 19 heavy (non-hydrogen) atoms. The second-order valence-corrected chi connectivity index (χ2v) is 4.47. The van der Waals surface area contributed by atoms with Crippen LogP contribution in [0.3, 0.4) is 0 Å². The highest BCUT2D eigenvalue weighted by atomic mass is 19.1. The molecule has 3 N–H and O–H groups in total. The molecule has 0 spiro atoms. The Bertz CT molecular complexity index is 525. The van der Waals surface area contributed by atoms with Crippen LogP contribution in [0.5, 0.6) is 0 Å². The molecule has 0 aliphatic heterocycles. The van der Waals surface area contributed by atoms with Crippen LogP contribution in [0.15, 0.2) is 36.7 Å². The fourth-order valence-electron chi connectivity index (χ4n) is 1.67. The van der Waals surface area contributed by atoms with Crippen molar-refractivity contribution in [3.63, 3.8) is 0 Å². The monoisotopic (exact) mass is 260 g/mol. The van der Waals surface area contributed by atoms with E-state index in [1.807, 2.05) is 6.92 Å². The molecule has 0 bridgehead atoms. The van der Waals surface area contributed by atoms with E-state index in [9.17, 15) is 4.39 Å². The third kappa shape index (κ3) is 3.72. The molecule has 1 unspecified atom stereocenters. The van der Waals surface area contributed by atoms with Crippen LogP contribution in [0, 0.1) is 5.82 Å². The molecule has 0 aliphatic rings. The van der Waals surface area contributed by atoms with Crippen molar-refractivity contribution >= 4 is 5.95 Å². The first-order valence-electron chi connectivity index (χ1n) is 6.23. The molecule has 0 saturated heterocycles. The standard InChI is InChI=1S/C14H17FN4/c1-10(16)6-7-17-14-18-8-11(9-19-14)12-4-2-3-5-13(12)15/h2-5,8-10H,6-7,16H2,1H3,(H,17,18,19). The lowest BCUT2D eigenvalue weighted by Gasteiger charge is -2.07. The molecule has 0 radical (unpaired) electrons. The molecule has 1 heterocycles. The topological polar surface area (TPSA) is 63.8 Å². The molecular formula is C14H17FN4. The van der Waals surface area contributed by atoms with Gasteiger partial charge in [0.25, 0.3) is 0 Å². The highest BCUT2D eigenvalue weighted by molar-refractivity contribution is 5.62. The lowest BCUT2D eigenvalue weighted by molar-refractivity contribution is 0.631. The number of halogens is 1. The van der Waals surface area contributed by atoms with Crippen molar-refractivity contribution in [3.05, 3.63) is 42.5 Å². The van der Waals surface area contributed by atoms with Gasteiger partial charge in [-0.25, -0.2) is 14.4 Å². The average molecular weight is 260 g/mol. The van der Waals surface area contributed by atoms with Gasteiger partial charge in [-0.3, -0.25) is 0 Å². The summed E-state index contributed by atoms with van der Waals surface area (Å²) in [7, 11) is 0. The van der Waals surface area contributed by atoms with Gasteiger partial charge in [0, 0.05) is 36.1 Å². The van der Waals surface area contributed by atoms with E-state index in [1.54, 1.807) is 30.6 Å². The molecule has 4 nitrogen and oxygen atoms in total. The molecule has 1 aromatic carbocycles. The van der Waals surface area contributed by atoms with Crippen molar-refractivity contribution in [1.82, 2.24) is 9.97 Å². The Balaban J connectivity index is 2.04. The van der Waals surface area contributed by atoms with Crippen molar-refractivity contribution < 1.29 is 4.39 Å². The minimum atomic E-state index is -0.274. The van der Waals surface area contributed by atoms with Crippen LogP contribution in [0.25, 0.3) is 11.1 Å². The third-order valence-corrected chi connectivity index (χ3v) is 2.72. The van der Waals surface area contributed by atoms with Crippen LogP contribution in [-0.4, -0.2) is 22.6 Å². The van der Waals surface area contributed by atoms with Gasteiger partial charge in [0.05, 0.1) is 0 Å². The predicted molar refractivity (Wildman–Crippen MR) is 74.2 cm³/mol. The van der Waals surface area contributed by atoms with E-state index < -0.39 is 0 Å². The summed E-state index contributed by atoms with van der Waals surface area (Å²) >= 11 is 0. The lowest BCUT2D eigenvalue weighted by atomic mass is 10.1. The first-order valence-corrected chi connectivity index (χ1v) is 6.23. The Morgan fingerprint density at radius 2 is 1.95 bits per heavy atom. The third-order valence-electron chi connectivity index (χ3n) is 2.72. The van der Waals surface area contributed by atoms with Crippen LogP contribution in [0.1, 0.15) is 13.3 Å². The summed E-state index contributed by atoms with van der Waals surface area (Å²) in [6, 6.07) is 6.71. The van der Waals surface area contributed by atoms with E-state index in [0.29, 0.717) is 17.1 Å². The van der Waals surface area contributed by atoms with Crippen molar-refractivity contribution in [3.8, 4) is 11.1 Å². The van der Waals surface area contributed by atoms with E-state index in [1.165, 1.54) is 6.07 Å². The quantitative estimate of drug-likeness (QED) is 0.866. The van der Waals surface area contributed by atoms with Crippen LogP contribution in [0.4, 0.5) is 10.3 Å². The Morgan fingerprint density at radius 1 is 1.26 bits per heavy atom. The maximum absolute atomic E-state index is 13.6. The molecule has 1 aromatic heterocycles. The summed E-state index contributed by atoms with van der Waals surface area (Å²) in [6.07, 6.45) is 4.07. The zero-order valence-electron chi connectivity index (χ0n) is 10.8. The van der Waals surface area contributed by atoms with E-state index >= 15 is 0 Å². The first-order chi connectivity index (χ1) is 9.16. The zero-order valence-corrected chi connectivity index (χ0v) is 10.8. The van der Waals surface area contributed by atoms with Gasteiger partial charge >= 0.3 is 0 Å². The molecule has 2 aromatic rings. The maximum Gasteiger partial charge on any atom is 0.222 e. The number of benzene rings is 1. The lowest BCUT2D eigenvalue weighted by Crippen LogP contribution is -2.19. The number of nitrogens with zero attached hydrogens (tertiary/aromatic N) is 2. The normalized spacial score (nSPS) is 12.2. The van der Waals surface area contributed by atoms with Crippen LogP contribution >= 0.6 is 0 Å². The molecule has 5 heteroatoms. The summed E-state index contributed by atoms with van der Waals surface area (Å²) < 4.78 is 13.6. The number of hydrogen-bond acceptors (Lipinski definition) is 4. The highest BCUT2D eigenvalue weighted by Crippen LogP contribution is 2.21. The smallest absolute Gasteiger partial charge is 0.222 e. The number of hydrogen-bond donors (Lipinski definition) is 2. The van der Waals surface area contributed by atoms with E-state index in [4.69, 9.17) is 5.73 Å². The van der Waals surface area contributed by atoms with Gasteiger partial charge in [0.1, 0.15) is 5.82 Å². The molecule has 0 aliphatic carbocycles. The fraction of sp³-hybridized carbons (Fsp3) is 0.286. The first kappa shape index (κ1) is 13.4. The number of nitrogens with one attached hydrogen (secondary N) is 1. The van der Waals surface area contributed by atoms with Crippen molar-refractivity contribution in [1.29, 1.82) is 0 Å². The van der Waals surface area contributed by atoms with E-state index in [-0.39, 0.29) is 11.9 Å². The highest BCUT2D eigenvalue weighted by Gasteiger charge is 2.05. The Kier molecular flexibility index (Phi) is 4.41. The molecule has 0 fully saturated rings. The molecular weight excluding hydrogens is 243 g/mol. The largest absolute Gasteiger partial charge is 0.354 e. The second kappa shape index (κ2) is 6.24. The van der Waals surface area contributed by atoms with Crippen molar-refractivity contribution in [2.24, 2.45) is 5.73 Å². The van der Waals surface area contributed by atoms with Gasteiger partial charge in [-0.05, 0) is 19.4 Å². The SMILES string of the molecule is CC(N)CCNc1ncc(-c2ccccc2F)cn1. The van der Waals surface area contributed by atoms with Crippen LogP contribution in [0.2, 0.25) is 0 Å². The molecule has 0 amide bonds. The predicted octanol–water partition coefficient (Wildman–Crippen LogP) is 2.43. The van der Waals surface area contributed by atoms with Crippen molar-refractivity contribution in [2.45, 2.75) is 19.4 Å². The van der Waals surface area contributed by atoms with Crippen LogP contribution < -0.4 is 11.1 Å². The van der Waals surface area contributed by atoms with Gasteiger partial charge in [0.15, 0.2) is 0 Å². The molecule has 100 valence electrons. The molecule has 1 atom stereocenters. The van der Waals surface area contributed by atoms with Gasteiger partial charge in [0.2, 0.25) is 5.95 Å². The minimum Gasteiger partial charge on any atom is -0.354 e. The number of rotatable bonds is 5. The Hall–Kier alpha value is -2.01. The van der Waals surface area contributed by atoms with Crippen LogP contribution in [-0.2, 0) is 0 Å². The minimum absolute atomic E-state index is 0.144. The maximum atomic E-state index is 13.6. The summed E-state index contributed by atoms with van der Waals surface area (Å²) in [4.78, 5) is 8.33. The number of anilines is 1. The number of nitrogens with two attached hydrogens (primary N) is 1. The summed E-state index contributed by atoms with van der Waals surface area (Å²) in [5, 5.41) is 3.07. The van der Waals surface area contributed by atoms with Gasteiger partial charge in [-0.15, -0.1) is 0 Å². The molecule has 2 rings (SSSR count). The summed E-state index contributed by atoms with van der Waals surface area (Å²) in [5.41, 5.74) is 6.82. The van der Waals surface area contributed by atoms with Gasteiger partial charge < -0.3 is 11.1 Å². The van der Waals surface area contributed by atoms with Gasteiger partial charge in [-0.2, -0.15) is 0 Å². The second-order valence-electron chi connectivity index (χ2n) is 4.47. The summed E-state index contributed by atoms with van der Waals surface area (Å²) in [6.45, 7) is 2.67. The van der Waals surface area contributed by atoms with E-state index in [0.717, 1.165) is 13.0 Å². The average Bonchev–Trinajstić information content (AvgIpc) is 2.40. The Labute approximate surface area is 111 Å². The summed E-state index contributed by atoms with van der Waals surface area (Å²) in [5.74, 6) is 0.254. The zero-order chi connectivity index (χ0) is 13.7. The van der Waals surface area contributed by atoms with Gasteiger partial charge in [-0.1, -0.05) is 18.2 Å².